The van der Waals surface area contributed by atoms with Crippen molar-refractivity contribution in [3.63, 3.8) is 0 Å². The number of anilines is 1. The van der Waals surface area contributed by atoms with Crippen LogP contribution < -0.4 is 9.62 Å². The molecule has 1 N–H and O–H groups in total. The number of nitrogens with zero attached hydrogens (tertiary/aromatic N) is 3. The molecule has 2 heterocycles. The van der Waals surface area contributed by atoms with Crippen molar-refractivity contribution in [1.82, 2.24) is 9.71 Å². The Morgan fingerprint density at radius 2 is 1.84 bits per heavy atom. The number of nitrogens with one attached hydrogen (secondary N) is 1. The van der Waals surface area contributed by atoms with Gasteiger partial charge in [0.2, 0.25) is 5.91 Å². The van der Waals surface area contributed by atoms with E-state index >= 15 is 0 Å². The van der Waals surface area contributed by atoms with Crippen LogP contribution in [0.3, 0.4) is 0 Å². The van der Waals surface area contributed by atoms with Crippen LogP contribution in [0, 0.1) is 24.4 Å². The highest BCUT2D eigenvalue weighted by Gasteiger charge is 2.36. The van der Waals surface area contributed by atoms with Gasteiger partial charge in [0.25, 0.3) is 16.3 Å². The quantitative estimate of drug-likeness (QED) is 0.462. The van der Waals surface area contributed by atoms with Gasteiger partial charge < -0.3 is 9.64 Å². The van der Waals surface area contributed by atoms with Crippen LogP contribution in [0.25, 0.3) is 10.8 Å². The zero-order valence-electron chi connectivity index (χ0n) is 17.0. The second kappa shape index (κ2) is 8.28. The fraction of sp³-hybridized carbons (Fsp3) is 0.182. The fourth-order valence-corrected chi connectivity index (χ4v) is 4.56. The number of esters is 1. The van der Waals surface area contributed by atoms with E-state index in [0.717, 1.165) is 10.8 Å². The van der Waals surface area contributed by atoms with Crippen molar-refractivity contribution in [2.75, 3.05) is 18.0 Å². The van der Waals surface area contributed by atoms with Gasteiger partial charge in [-0.1, -0.05) is 30.3 Å². The zero-order chi connectivity index (χ0) is 22.9. The van der Waals surface area contributed by atoms with Gasteiger partial charge >= 0.3 is 5.97 Å². The molecule has 32 heavy (non-hydrogen) atoms. The number of fused-ring (bicyclic) bond motifs is 1. The monoisotopic (exact) mass is 450 g/mol. The summed E-state index contributed by atoms with van der Waals surface area (Å²) in [6.45, 7) is 2.18. The molecule has 1 aliphatic heterocycles. The molecule has 2 aromatic carbocycles. The summed E-state index contributed by atoms with van der Waals surface area (Å²) in [7, 11) is -3.99. The number of hydrogen-bond donors (Lipinski definition) is 1. The summed E-state index contributed by atoms with van der Waals surface area (Å²) in [5.74, 6) is -1.35. The number of pyridine rings is 1. The molecule has 0 bridgehead atoms. The van der Waals surface area contributed by atoms with Crippen LogP contribution in [0.4, 0.5) is 5.82 Å². The van der Waals surface area contributed by atoms with Gasteiger partial charge in [-0.25, -0.2) is 22.9 Å². The van der Waals surface area contributed by atoms with Crippen molar-refractivity contribution >= 4 is 38.5 Å². The minimum atomic E-state index is -3.99. The summed E-state index contributed by atoms with van der Waals surface area (Å²) in [4.78, 5) is 30.3. The van der Waals surface area contributed by atoms with Gasteiger partial charge in [0, 0.05) is 13.1 Å². The Morgan fingerprint density at radius 1 is 1.12 bits per heavy atom. The molecular weight excluding hydrogens is 432 g/mol. The molecule has 1 amide bonds. The first-order valence-electron chi connectivity index (χ1n) is 9.67. The molecule has 0 spiro atoms. The van der Waals surface area contributed by atoms with E-state index in [1.165, 1.54) is 24.5 Å². The van der Waals surface area contributed by atoms with Crippen LogP contribution in [0.15, 0.2) is 59.5 Å². The molecule has 1 fully saturated rings. The number of benzene rings is 2. The van der Waals surface area contributed by atoms with E-state index in [4.69, 9.17) is 5.26 Å². The maximum Gasteiger partial charge on any atom is 0.355 e. The molecule has 0 unspecified atom stereocenters. The Kier molecular flexibility index (Phi) is 5.50. The van der Waals surface area contributed by atoms with Crippen molar-refractivity contribution in [2.24, 2.45) is 5.92 Å². The van der Waals surface area contributed by atoms with E-state index in [9.17, 15) is 18.0 Å². The highest BCUT2D eigenvalue weighted by atomic mass is 32.2. The summed E-state index contributed by atoms with van der Waals surface area (Å²) >= 11 is 0. The number of ether oxygens (including phenoxy) is 1. The first-order valence-corrected chi connectivity index (χ1v) is 11.1. The van der Waals surface area contributed by atoms with Gasteiger partial charge in [-0.3, -0.25) is 4.79 Å². The molecule has 1 aromatic heterocycles. The van der Waals surface area contributed by atoms with Gasteiger partial charge in [-0.05, 0) is 42.0 Å². The molecule has 1 aliphatic rings. The van der Waals surface area contributed by atoms with E-state index in [-0.39, 0.29) is 23.5 Å². The van der Waals surface area contributed by atoms with Crippen LogP contribution in [0.2, 0.25) is 0 Å². The molecule has 162 valence electrons. The number of sulfonamides is 1. The van der Waals surface area contributed by atoms with Crippen LogP contribution in [-0.4, -0.2) is 38.4 Å². The van der Waals surface area contributed by atoms with E-state index in [2.05, 4.69) is 14.4 Å². The number of carbonyl (C=O) groups excluding carboxylic acids is 2. The minimum Gasteiger partial charge on any atom is -0.355 e. The summed E-state index contributed by atoms with van der Waals surface area (Å²) in [6, 6.07) is 15.1. The Hall–Kier alpha value is -3.97. The van der Waals surface area contributed by atoms with Gasteiger partial charge in [0.15, 0.2) is 0 Å². The SMILES string of the molecule is Cc1nc(N2CC(C(=O)NS(=O)(=O)c3ccc4ccccc4c3)C2)ccc1C(=O)OC#N. The fourth-order valence-electron chi connectivity index (χ4n) is 3.48. The van der Waals surface area contributed by atoms with Crippen molar-refractivity contribution in [3.8, 4) is 6.26 Å². The predicted molar refractivity (Wildman–Crippen MR) is 115 cm³/mol. The summed E-state index contributed by atoms with van der Waals surface area (Å²) in [6.07, 6.45) is 1.33. The van der Waals surface area contributed by atoms with Gasteiger partial charge in [0.05, 0.1) is 22.1 Å². The predicted octanol–water partition coefficient (Wildman–Crippen LogP) is 2.12. The standard InChI is InChI=1S/C22H18N4O5S/c1-14-19(22(28)31-13-23)8-9-20(24-14)26-11-17(12-26)21(27)25-32(29,30)18-7-6-15-4-2-3-5-16(15)10-18/h2-10,17H,11-12H2,1H3,(H,25,27). The van der Waals surface area contributed by atoms with Crippen LogP contribution >= 0.6 is 0 Å². The molecule has 3 aromatic rings. The van der Waals surface area contributed by atoms with E-state index in [1.54, 1.807) is 30.0 Å². The van der Waals surface area contributed by atoms with Crippen molar-refractivity contribution in [1.29, 1.82) is 5.26 Å². The molecule has 10 heteroatoms. The lowest BCUT2D eigenvalue weighted by Crippen LogP contribution is -2.54. The van der Waals surface area contributed by atoms with E-state index in [1.807, 2.05) is 18.2 Å². The number of rotatable bonds is 5. The molecule has 0 atom stereocenters. The van der Waals surface area contributed by atoms with Crippen LogP contribution in [-0.2, 0) is 19.6 Å². The molecule has 0 aliphatic carbocycles. The van der Waals surface area contributed by atoms with Crippen molar-refractivity contribution < 1.29 is 22.7 Å². The first-order chi connectivity index (χ1) is 15.3. The van der Waals surface area contributed by atoms with E-state index < -0.39 is 27.8 Å². The highest BCUT2D eigenvalue weighted by molar-refractivity contribution is 7.90. The average Bonchev–Trinajstić information content (AvgIpc) is 2.72. The smallest absolute Gasteiger partial charge is 0.355 e. The maximum absolute atomic E-state index is 12.7. The number of amides is 1. The number of aromatic nitrogens is 1. The maximum atomic E-state index is 12.7. The van der Waals surface area contributed by atoms with Crippen molar-refractivity contribution in [3.05, 3.63) is 65.9 Å². The Bertz CT molecular complexity index is 1370. The Morgan fingerprint density at radius 3 is 2.53 bits per heavy atom. The average molecular weight is 450 g/mol. The molecule has 1 saturated heterocycles. The highest BCUT2D eigenvalue weighted by Crippen LogP contribution is 2.25. The lowest BCUT2D eigenvalue weighted by molar-refractivity contribution is -0.123. The van der Waals surface area contributed by atoms with Crippen molar-refractivity contribution in [2.45, 2.75) is 11.8 Å². The molecule has 9 nitrogen and oxygen atoms in total. The topological polar surface area (TPSA) is 129 Å². The van der Waals surface area contributed by atoms with Gasteiger partial charge in [-0.15, -0.1) is 5.26 Å². The summed E-state index contributed by atoms with van der Waals surface area (Å²) in [5, 5.41) is 10.1. The van der Waals surface area contributed by atoms with E-state index in [0.29, 0.717) is 11.5 Å². The summed E-state index contributed by atoms with van der Waals surface area (Å²) < 4.78 is 31.8. The number of hydrogen-bond acceptors (Lipinski definition) is 8. The Balaban J connectivity index is 1.40. The largest absolute Gasteiger partial charge is 0.355 e. The molecule has 4 rings (SSSR count). The van der Waals surface area contributed by atoms with Crippen LogP contribution in [0.5, 0.6) is 0 Å². The third-order valence-electron chi connectivity index (χ3n) is 5.27. The molecule has 0 saturated carbocycles. The second-order valence-corrected chi connectivity index (χ2v) is 9.05. The van der Waals surface area contributed by atoms with Gasteiger partial charge in [0.1, 0.15) is 5.82 Å². The lowest BCUT2D eigenvalue weighted by Gasteiger charge is -2.39. The van der Waals surface area contributed by atoms with Crippen LogP contribution in [0.1, 0.15) is 16.1 Å². The molecular formula is C22H18N4O5S. The lowest BCUT2D eigenvalue weighted by atomic mass is 9.99. The molecule has 0 radical (unpaired) electrons. The number of carbonyl (C=O) groups is 2. The minimum absolute atomic E-state index is 0.0258. The second-order valence-electron chi connectivity index (χ2n) is 7.36. The zero-order valence-corrected chi connectivity index (χ0v) is 17.8. The first kappa shape index (κ1) is 21.3. The Labute approximate surface area is 184 Å². The number of aryl methyl sites for hydroxylation is 1. The summed E-state index contributed by atoms with van der Waals surface area (Å²) in [5.41, 5.74) is 0.557. The van der Waals surface area contributed by atoms with Gasteiger partial charge in [-0.2, -0.15) is 0 Å². The third kappa shape index (κ3) is 4.10. The number of nitriles is 1. The normalized spacial score (nSPS) is 13.8. The third-order valence-corrected chi connectivity index (χ3v) is 6.62.